The topological polar surface area (TPSA) is 51.2 Å². The third-order valence-corrected chi connectivity index (χ3v) is 3.99. The summed E-state index contributed by atoms with van der Waals surface area (Å²) in [7, 11) is -3.16. The second-order valence-electron chi connectivity index (χ2n) is 4.19. The van der Waals surface area contributed by atoms with Gasteiger partial charge < -0.3 is 4.79 Å². The molecular formula is C13H18O3S. The summed E-state index contributed by atoms with van der Waals surface area (Å²) in [6.07, 6.45) is 4.30. The Balaban J connectivity index is 3.00. The molecule has 4 heteroatoms. The molecule has 0 aliphatic heterocycles. The zero-order chi connectivity index (χ0) is 12.9. The van der Waals surface area contributed by atoms with Gasteiger partial charge in [-0.25, -0.2) is 8.42 Å². The first-order chi connectivity index (χ1) is 7.99. The van der Waals surface area contributed by atoms with Gasteiger partial charge in [-0.2, -0.15) is 0 Å². The highest BCUT2D eigenvalue weighted by atomic mass is 32.2. The molecule has 0 aliphatic rings. The molecule has 0 heterocycles. The lowest BCUT2D eigenvalue weighted by Crippen LogP contribution is -2.02. The van der Waals surface area contributed by atoms with E-state index in [1.807, 2.05) is 13.0 Å². The van der Waals surface area contributed by atoms with Gasteiger partial charge in [0.05, 0.1) is 4.90 Å². The SMILES string of the molecule is CC[C@H](CCC=O)c1cccc(S(C)(=O)=O)c1. The smallest absolute Gasteiger partial charge is 0.175 e. The lowest BCUT2D eigenvalue weighted by atomic mass is 9.92. The maximum Gasteiger partial charge on any atom is 0.175 e. The van der Waals surface area contributed by atoms with Crippen molar-refractivity contribution in [1.29, 1.82) is 0 Å². The first kappa shape index (κ1) is 13.9. The average Bonchev–Trinajstić information content (AvgIpc) is 2.29. The fraction of sp³-hybridized carbons (Fsp3) is 0.462. The third-order valence-electron chi connectivity index (χ3n) is 2.88. The Kier molecular flexibility index (Phi) is 4.87. The molecule has 0 bridgehead atoms. The van der Waals surface area contributed by atoms with E-state index in [9.17, 15) is 13.2 Å². The minimum Gasteiger partial charge on any atom is -0.303 e. The molecule has 0 saturated carbocycles. The largest absolute Gasteiger partial charge is 0.303 e. The van der Waals surface area contributed by atoms with Crippen LogP contribution in [-0.4, -0.2) is 21.0 Å². The quantitative estimate of drug-likeness (QED) is 0.733. The number of benzene rings is 1. The number of aldehydes is 1. The van der Waals surface area contributed by atoms with Crippen molar-refractivity contribution in [3.05, 3.63) is 29.8 Å². The van der Waals surface area contributed by atoms with E-state index >= 15 is 0 Å². The van der Waals surface area contributed by atoms with Crippen LogP contribution in [0.2, 0.25) is 0 Å². The van der Waals surface area contributed by atoms with Crippen LogP contribution < -0.4 is 0 Å². The molecule has 0 radical (unpaired) electrons. The summed E-state index contributed by atoms with van der Waals surface area (Å²) in [5, 5.41) is 0. The molecule has 0 spiro atoms. The van der Waals surface area contributed by atoms with Crippen LogP contribution in [0.15, 0.2) is 29.2 Å². The Labute approximate surface area is 103 Å². The molecule has 0 fully saturated rings. The van der Waals surface area contributed by atoms with Gasteiger partial charge in [-0.15, -0.1) is 0 Å². The molecule has 17 heavy (non-hydrogen) atoms. The Morgan fingerprint density at radius 2 is 2.06 bits per heavy atom. The van der Waals surface area contributed by atoms with E-state index in [0.29, 0.717) is 11.3 Å². The molecule has 0 unspecified atom stereocenters. The van der Waals surface area contributed by atoms with Gasteiger partial charge in [-0.1, -0.05) is 19.1 Å². The number of sulfone groups is 1. The molecule has 1 rings (SSSR count). The first-order valence-corrected chi connectivity index (χ1v) is 7.61. The van der Waals surface area contributed by atoms with Gasteiger partial charge >= 0.3 is 0 Å². The van der Waals surface area contributed by atoms with Crippen molar-refractivity contribution in [1.82, 2.24) is 0 Å². The second kappa shape index (κ2) is 5.96. The number of rotatable bonds is 6. The average molecular weight is 254 g/mol. The van der Waals surface area contributed by atoms with Crippen molar-refractivity contribution >= 4 is 16.1 Å². The summed E-state index contributed by atoms with van der Waals surface area (Å²) < 4.78 is 22.9. The van der Waals surface area contributed by atoms with E-state index in [1.54, 1.807) is 18.2 Å². The Morgan fingerprint density at radius 3 is 2.59 bits per heavy atom. The molecular weight excluding hydrogens is 236 g/mol. The predicted molar refractivity (Wildman–Crippen MR) is 67.9 cm³/mol. The monoisotopic (exact) mass is 254 g/mol. The lowest BCUT2D eigenvalue weighted by molar-refractivity contribution is -0.108. The minimum atomic E-state index is -3.16. The Bertz CT molecular complexity index is 477. The molecule has 3 nitrogen and oxygen atoms in total. The van der Waals surface area contributed by atoms with E-state index in [-0.39, 0.29) is 5.92 Å². The molecule has 0 saturated heterocycles. The third kappa shape index (κ3) is 3.97. The maximum absolute atomic E-state index is 11.5. The van der Waals surface area contributed by atoms with E-state index in [1.165, 1.54) is 6.26 Å². The van der Waals surface area contributed by atoms with E-state index in [4.69, 9.17) is 0 Å². The summed E-state index contributed by atoms with van der Waals surface area (Å²) in [6.45, 7) is 2.04. The minimum absolute atomic E-state index is 0.252. The predicted octanol–water partition coefficient (Wildman–Crippen LogP) is 2.56. The number of carbonyl (C=O) groups is 1. The van der Waals surface area contributed by atoms with Gasteiger partial charge in [-0.3, -0.25) is 0 Å². The summed E-state index contributed by atoms with van der Waals surface area (Å²) in [6, 6.07) is 7.00. The van der Waals surface area contributed by atoms with Gasteiger partial charge in [0.1, 0.15) is 6.29 Å². The highest BCUT2D eigenvalue weighted by molar-refractivity contribution is 7.90. The number of hydrogen-bond donors (Lipinski definition) is 0. The number of hydrogen-bond acceptors (Lipinski definition) is 3. The number of carbonyl (C=O) groups excluding carboxylic acids is 1. The van der Waals surface area contributed by atoms with Crippen molar-refractivity contribution in [3.63, 3.8) is 0 Å². The first-order valence-electron chi connectivity index (χ1n) is 5.72. The van der Waals surface area contributed by atoms with Crippen LogP contribution in [0.25, 0.3) is 0 Å². The highest BCUT2D eigenvalue weighted by Crippen LogP contribution is 2.26. The van der Waals surface area contributed by atoms with E-state index < -0.39 is 9.84 Å². The molecule has 0 amide bonds. The molecule has 1 aromatic carbocycles. The van der Waals surface area contributed by atoms with Crippen LogP contribution >= 0.6 is 0 Å². The van der Waals surface area contributed by atoms with Crippen molar-refractivity contribution in [2.45, 2.75) is 37.0 Å². The Hall–Kier alpha value is -1.16. The maximum atomic E-state index is 11.5. The summed E-state index contributed by atoms with van der Waals surface area (Å²) >= 11 is 0. The van der Waals surface area contributed by atoms with Gasteiger partial charge in [0.15, 0.2) is 9.84 Å². The molecule has 1 atom stereocenters. The van der Waals surface area contributed by atoms with Crippen molar-refractivity contribution in [3.8, 4) is 0 Å². The van der Waals surface area contributed by atoms with E-state index in [2.05, 4.69) is 0 Å². The van der Waals surface area contributed by atoms with Crippen LogP contribution in [0.1, 0.15) is 37.7 Å². The summed E-state index contributed by atoms with van der Waals surface area (Å²) in [5.41, 5.74) is 0.997. The van der Waals surface area contributed by atoms with Crippen molar-refractivity contribution < 1.29 is 13.2 Å². The van der Waals surface area contributed by atoms with Crippen LogP contribution in [0.4, 0.5) is 0 Å². The molecule has 0 N–H and O–H groups in total. The van der Waals surface area contributed by atoms with Crippen LogP contribution in [0, 0.1) is 0 Å². The summed E-state index contributed by atoms with van der Waals surface area (Å²) in [5.74, 6) is 0.252. The fourth-order valence-electron chi connectivity index (χ4n) is 1.87. The normalized spacial score (nSPS) is 13.3. The summed E-state index contributed by atoms with van der Waals surface area (Å²) in [4.78, 5) is 10.7. The fourth-order valence-corrected chi connectivity index (χ4v) is 2.55. The Morgan fingerprint density at radius 1 is 1.35 bits per heavy atom. The standard InChI is InChI=1S/C13H18O3S/c1-3-11(7-5-9-14)12-6-4-8-13(10-12)17(2,15)16/h4,6,8-11H,3,5,7H2,1-2H3/t11-/m1/s1. The molecule has 0 aromatic heterocycles. The van der Waals surface area contributed by atoms with Crippen molar-refractivity contribution in [2.75, 3.05) is 6.26 Å². The van der Waals surface area contributed by atoms with Crippen molar-refractivity contribution in [2.24, 2.45) is 0 Å². The highest BCUT2D eigenvalue weighted by Gasteiger charge is 2.12. The zero-order valence-electron chi connectivity index (χ0n) is 10.2. The molecule has 0 aliphatic carbocycles. The van der Waals surface area contributed by atoms with Gasteiger partial charge in [0.25, 0.3) is 0 Å². The second-order valence-corrected chi connectivity index (χ2v) is 6.21. The van der Waals surface area contributed by atoms with Gasteiger partial charge in [-0.05, 0) is 36.5 Å². The lowest BCUT2D eigenvalue weighted by Gasteiger charge is -2.14. The van der Waals surface area contributed by atoms with Crippen LogP contribution in [0.3, 0.4) is 0 Å². The van der Waals surface area contributed by atoms with Gasteiger partial charge in [0, 0.05) is 12.7 Å². The van der Waals surface area contributed by atoms with E-state index in [0.717, 1.165) is 24.7 Å². The zero-order valence-corrected chi connectivity index (χ0v) is 11.0. The van der Waals surface area contributed by atoms with Crippen LogP contribution in [0.5, 0.6) is 0 Å². The molecule has 94 valence electrons. The molecule has 1 aromatic rings. The van der Waals surface area contributed by atoms with Gasteiger partial charge in [0.2, 0.25) is 0 Å². The van der Waals surface area contributed by atoms with Crippen LogP contribution in [-0.2, 0) is 14.6 Å².